The molecular formula is C20H13NO3. The molecule has 0 aromatic heterocycles. The minimum absolute atomic E-state index is 0.250. The molecule has 0 aliphatic carbocycles. The van der Waals surface area contributed by atoms with Gasteiger partial charge < -0.3 is 4.74 Å². The van der Waals surface area contributed by atoms with Crippen LogP contribution in [0.1, 0.15) is 26.3 Å². The Bertz CT molecular complexity index is 970. The van der Waals surface area contributed by atoms with Gasteiger partial charge in [-0.3, -0.25) is 4.79 Å². The number of hydrogen-bond donors (Lipinski definition) is 0. The fraction of sp³-hybridized carbons (Fsp3) is 0.0500. The Hall–Kier alpha value is -3.45. The normalized spacial score (nSPS) is 10.1. The zero-order valence-corrected chi connectivity index (χ0v) is 12.7. The molecule has 3 rings (SSSR count). The summed E-state index contributed by atoms with van der Waals surface area (Å²) in [5.74, 6) is -0.896. The second kappa shape index (κ2) is 6.76. The van der Waals surface area contributed by atoms with Crippen LogP contribution >= 0.6 is 0 Å². The summed E-state index contributed by atoms with van der Waals surface area (Å²) in [6, 6.07) is 21.2. The number of ketones is 1. The van der Waals surface area contributed by atoms with Gasteiger partial charge in [-0.15, -0.1) is 0 Å². The quantitative estimate of drug-likeness (QED) is 0.543. The maximum absolute atomic E-state index is 12.2. The number of nitrogens with zero attached hydrogens (tertiary/aromatic N) is 1. The van der Waals surface area contributed by atoms with Crippen molar-refractivity contribution in [3.05, 3.63) is 83.4 Å². The fourth-order valence-electron chi connectivity index (χ4n) is 2.38. The first-order valence-electron chi connectivity index (χ1n) is 7.36. The molecule has 0 aliphatic heterocycles. The molecule has 0 saturated carbocycles. The molecule has 0 saturated heterocycles. The third-order valence-corrected chi connectivity index (χ3v) is 3.63. The lowest BCUT2D eigenvalue weighted by Gasteiger charge is -2.06. The number of ether oxygens (including phenoxy) is 1. The van der Waals surface area contributed by atoms with E-state index in [2.05, 4.69) is 0 Å². The standard InChI is InChI=1S/C20H13NO3/c21-12-14-4-3-7-18(10-14)20(23)24-13-19(22)17-9-8-15-5-1-2-6-16(15)11-17/h1-11H,13H2. The van der Waals surface area contributed by atoms with E-state index in [9.17, 15) is 9.59 Å². The van der Waals surface area contributed by atoms with Crippen LogP contribution in [0.4, 0.5) is 0 Å². The predicted octanol–water partition coefficient (Wildman–Crippen LogP) is 3.75. The van der Waals surface area contributed by atoms with Crippen molar-refractivity contribution in [1.29, 1.82) is 5.26 Å². The van der Waals surface area contributed by atoms with Crippen LogP contribution in [0.5, 0.6) is 0 Å². The number of carbonyl (C=O) groups is 2. The summed E-state index contributed by atoms with van der Waals surface area (Å²) >= 11 is 0. The van der Waals surface area contributed by atoms with Crippen molar-refractivity contribution in [2.45, 2.75) is 0 Å². The smallest absolute Gasteiger partial charge is 0.338 e. The molecule has 0 atom stereocenters. The molecule has 0 bridgehead atoms. The largest absolute Gasteiger partial charge is 0.454 e. The summed E-state index contributed by atoms with van der Waals surface area (Å²) in [6.07, 6.45) is 0. The average Bonchev–Trinajstić information content (AvgIpc) is 2.65. The highest BCUT2D eigenvalue weighted by Crippen LogP contribution is 2.16. The second-order valence-corrected chi connectivity index (χ2v) is 5.25. The number of fused-ring (bicyclic) bond motifs is 1. The lowest BCUT2D eigenvalue weighted by atomic mass is 10.0. The molecule has 0 radical (unpaired) electrons. The van der Waals surface area contributed by atoms with Crippen molar-refractivity contribution < 1.29 is 14.3 Å². The summed E-state index contributed by atoms with van der Waals surface area (Å²) in [5.41, 5.74) is 1.11. The number of benzene rings is 3. The van der Waals surface area contributed by atoms with Gasteiger partial charge in [0.25, 0.3) is 0 Å². The molecule has 0 fully saturated rings. The maximum Gasteiger partial charge on any atom is 0.338 e. The molecule has 0 aliphatic rings. The fourth-order valence-corrected chi connectivity index (χ4v) is 2.38. The van der Waals surface area contributed by atoms with Gasteiger partial charge in [-0.25, -0.2) is 4.79 Å². The van der Waals surface area contributed by atoms with Gasteiger partial charge in [-0.05, 0) is 35.0 Å². The Morgan fingerprint density at radius 3 is 2.46 bits per heavy atom. The first-order valence-corrected chi connectivity index (χ1v) is 7.36. The number of rotatable bonds is 4. The van der Waals surface area contributed by atoms with Crippen molar-refractivity contribution in [2.24, 2.45) is 0 Å². The van der Waals surface area contributed by atoms with E-state index in [1.54, 1.807) is 30.3 Å². The first-order chi connectivity index (χ1) is 11.7. The second-order valence-electron chi connectivity index (χ2n) is 5.25. The van der Waals surface area contributed by atoms with Crippen LogP contribution in [0.15, 0.2) is 66.7 Å². The van der Waals surface area contributed by atoms with Gasteiger partial charge >= 0.3 is 5.97 Å². The zero-order chi connectivity index (χ0) is 16.9. The van der Waals surface area contributed by atoms with Crippen LogP contribution in [0.2, 0.25) is 0 Å². The minimum atomic E-state index is -0.624. The van der Waals surface area contributed by atoms with E-state index < -0.39 is 5.97 Å². The van der Waals surface area contributed by atoms with E-state index in [-0.39, 0.29) is 18.0 Å². The molecule has 0 amide bonds. The van der Waals surface area contributed by atoms with Gasteiger partial charge in [-0.1, -0.05) is 42.5 Å². The van der Waals surface area contributed by atoms with E-state index in [0.29, 0.717) is 11.1 Å². The molecule has 0 spiro atoms. The van der Waals surface area contributed by atoms with Gasteiger partial charge in [-0.2, -0.15) is 5.26 Å². The van der Waals surface area contributed by atoms with Gasteiger partial charge in [0.15, 0.2) is 12.4 Å². The van der Waals surface area contributed by atoms with Crippen LogP contribution in [0.25, 0.3) is 10.8 Å². The van der Waals surface area contributed by atoms with Crippen molar-refractivity contribution in [2.75, 3.05) is 6.61 Å². The summed E-state index contributed by atoms with van der Waals surface area (Å²) in [6.45, 7) is -0.339. The SMILES string of the molecule is N#Cc1cccc(C(=O)OCC(=O)c2ccc3ccccc3c2)c1. The van der Waals surface area contributed by atoms with E-state index in [1.807, 2.05) is 36.4 Å². The molecule has 0 N–H and O–H groups in total. The van der Waals surface area contributed by atoms with Crippen LogP contribution < -0.4 is 0 Å². The Labute approximate surface area is 138 Å². The highest BCUT2D eigenvalue weighted by atomic mass is 16.5. The molecule has 3 aromatic carbocycles. The van der Waals surface area contributed by atoms with Crippen molar-refractivity contribution in [1.82, 2.24) is 0 Å². The summed E-state index contributed by atoms with van der Waals surface area (Å²) in [5, 5.41) is 10.8. The topological polar surface area (TPSA) is 67.2 Å². The highest BCUT2D eigenvalue weighted by molar-refractivity contribution is 6.02. The summed E-state index contributed by atoms with van der Waals surface area (Å²) in [7, 11) is 0. The van der Waals surface area contributed by atoms with E-state index in [4.69, 9.17) is 10.00 Å². The summed E-state index contributed by atoms with van der Waals surface area (Å²) < 4.78 is 5.06. The van der Waals surface area contributed by atoms with E-state index in [1.165, 1.54) is 6.07 Å². The minimum Gasteiger partial charge on any atom is -0.454 e. The molecular weight excluding hydrogens is 302 g/mol. The lowest BCUT2D eigenvalue weighted by Crippen LogP contribution is -2.14. The molecule has 24 heavy (non-hydrogen) atoms. The van der Waals surface area contributed by atoms with Gasteiger partial charge in [0.1, 0.15) is 0 Å². The zero-order valence-electron chi connectivity index (χ0n) is 12.7. The van der Waals surface area contributed by atoms with Crippen molar-refractivity contribution in [3.8, 4) is 6.07 Å². The molecule has 0 heterocycles. The first kappa shape index (κ1) is 15.4. The number of Topliss-reactive ketones (excluding diaryl/α,β-unsaturated/α-hetero) is 1. The lowest BCUT2D eigenvalue weighted by molar-refractivity contribution is 0.0475. The molecule has 4 heteroatoms. The summed E-state index contributed by atoms with van der Waals surface area (Å²) in [4.78, 5) is 24.2. The number of hydrogen-bond acceptors (Lipinski definition) is 4. The third-order valence-electron chi connectivity index (χ3n) is 3.63. The number of nitriles is 1. The molecule has 4 nitrogen and oxygen atoms in total. The number of carbonyl (C=O) groups excluding carboxylic acids is 2. The molecule has 3 aromatic rings. The maximum atomic E-state index is 12.2. The van der Waals surface area contributed by atoms with Crippen LogP contribution in [0.3, 0.4) is 0 Å². The molecule has 116 valence electrons. The monoisotopic (exact) mass is 315 g/mol. The Morgan fingerprint density at radius 2 is 1.67 bits per heavy atom. The Kier molecular flexibility index (Phi) is 4.35. The van der Waals surface area contributed by atoms with Crippen LogP contribution in [0, 0.1) is 11.3 Å². The molecule has 0 unspecified atom stereocenters. The van der Waals surface area contributed by atoms with Crippen molar-refractivity contribution in [3.63, 3.8) is 0 Å². The van der Waals surface area contributed by atoms with Crippen molar-refractivity contribution >= 4 is 22.5 Å². The number of esters is 1. The predicted molar refractivity (Wildman–Crippen MR) is 89.7 cm³/mol. The van der Waals surface area contributed by atoms with E-state index >= 15 is 0 Å². The Balaban J connectivity index is 1.70. The highest BCUT2D eigenvalue weighted by Gasteiger charge is 2.12. The van der Waals surface area contributed by atoms with Crippen LogP contribution in [-0.2, 0) is 4.74 Å². The van der Waals surface area contributed by atoms with Crippen LogP contribution in [-0.4, -0.2) is 18.4 Å². The average molecular weight is 315 g/mol. The van der Waals surface area contributed by atoms with Gasteiger partial charge in [0, 0.05) is 5.56 Å². The van der Waals surface area contributed by atoms with E-state index in [0.717, 1.165) is 10.8 Å². The Morgan fingerprint density at radius 1 is 0.875 bits per heavy atom. The third kappa shape index (κ3) is 3.31. The van der Waals surface area contributed by atoms with Gasteiger partial charge in [0.05, 0.1) is 17.2 Å². The van der Waals surface area contributed by atoms with Gasteiger partial charge in [0.2, 0.25) is 0 Å².